The molecule has 0 aliphatic carbocycles. The molecule has 0 aromatic heterocycles. The van der Waals surface area contributed by atoms with Gasteiger partial charge < -0.3 is 16.0 Å². The van der Waals surface area contributed by atoms with Gasteiger partial charge in [-0.15, -0.1) is 11.8 Å². The maximum Gasteiger partial charge on any atom is 0.405 e. The number of nitrogens with one attached hydrogen (secondary N) is 3. The smallest absolute Gasteiger partial charge is 0.375 e. The second-order valence-corrected chi connectivity index (χ2v) is 6.53. The molecule has 0 spiro atoms. The molecule has 2 amide bonds. The number of hydrogen-bond acceptors (Lipinski definition) is 4. The van der Waals surface area contributed by atoms with Gasteiger partial charge in [-0.2, -0.15) is 13.2 Å². The largest absolute Gasteiger partial charge is 0.405 e. The molecule has 136 valence electrons. The zero-order valence-electron chi connectivity index (χ0n) is 13.3. The first-order valence-electron chi connectivity index (χ1n) is 7.59. The number of fused-ring (bicyclic) bond motifs is 1. The Kier molecular flexibility index (Phi) is 5.08. The van der Waals surface area contributed by atoms with E-state index >= 15 is 0 Å². The van der Waals surface area contributed by atoms with Crippen LogP contribution in [-0.4, -0.2) is 30.3 Å². The van der Waals surface area contributed by atoms with Gasteiger partial charge in [0.05, 0.1) is 22.8 Å². The summed E-state index contributed by atoms with van der Waals surface area (Å²) in [4.78, 5) is 24.8. The van der Waals surface area contributed by atoms with Gasteiger partial charge in [0, 0.05) is 10.5 Å². The molecule has 3 N–H and O–H groups in total. The summed E-state index contributed by atoms with van der Waals surface area (Å²) in [5, 5.41) is 7.55. The lowest BCUT2D eigenvalue weighted by Gasteiger charge is -2.17. The number of benzene rings is 2. The van der Waals surface area contributed by atoms with Gasteiger partial charge in [0.15, 0.2) is 0 Å². The molecule has 3 rings (SSSR count). The molecule has 0 atom stereocenters. The Bertz CT molecular complexity index is 855. The third kappa shape index (κ3) is 4.48. The van der Waals surface area contributed by atoms with Crippen molar-refractivity contribution in [1.29, 1.82) is 0 Å². The number of carbonyl (C=O) groups excluding carboxylic acids is 2. The van der Waals surface area contributed by atoms with Crippen LogP contribution in [0.3, 0.4) is 0 Å². The van der Waals surface area contributed by atoms with E-state index in [2.05, 4.69) is 16.0 Å². The Morgan fingerprint density at radius 2 is 1.88 bits per heavy atom. The molecule has 2 aromatic carbocycles. The Morgan fingerprint density at radius 3 is 2.62 bits per heavy atom. The highest BCUT2D eigenvalue weighted by Crippen LogP contribution is 2.32. The van der Waals surface area contributed by atoms with E-state index in [1.807, 2.05) is 0 Å². The molecule has 0 fully saturated rings. The van der Waals surface area contributed by atoms with Crippen molar-refractivity contribution in [3.63, 3.8) is 0 Å². The number of anilines is 3. The van der Waals surface area contributed by atoms with Crippen molar-refractivity contribution in [2.24, 2.45) is 0 Å². The highest BCUT2D eigenvalue weighted by Gasteiger charge is 2.27. The molecule has 0 bridgehead atoms. The van der Waals surface area contributed by atoms with Gasteiger partial charge in [-0.05, 0) is 30.3 Å². The predicted octanol–water partition coefficient (Wildman–Crippen LogP) is 3.96. The fraction of sp³-hybridized carbons (Fsp3) is 0.176. The Labute approximate surface area is 151 Å². The van der Waals surface area contributed by atoms with Crippen LogP contribution in [0.4, 0.5) is 30.2 Å². The Balaban J connectivity index is 1.76. The lowest BCUT2D eigenvalue weighted by molar-refractivity contribution is -0.115. The lowest BCUT2D eigenvalue weighted by Crippen LogP contribution is -2.22. The summed E-state index contributed by atoms with van der Waals surface area (Å²) in [6.45, 7) is -1.21. The van der Waals surface area contributed by atoms with E-state index in [0.717, 1.165) is 4.90 Å². The SMILES string of the molecule is O=C1CSc2ccc(C(=O)Nc3ccccc3NCC(F)(F)F)cc2N1. The van der Waals surface area contributed by atoms with Crippen molar-refractivity contribution >= 4 is 40.6 Å². The maximum atomic E-state index is 12.5. The van der Waals surface area contributed by atoms with Crippen molar-refractivity contribution in [2.45, 2.75) is 11.1 Å². The summed E-state index contributed by atoms with van der Waals surface area (Å²) in [5.74, 6) is -0.322. The highest BCUT2D eigenvalue weighted by atomic mass is 32.2. The quantitative estimate of drug-likeness (QED) is 0.750. The molecule has 0 unspecified atom stereocenters. The molecule has 0 radical (unpaired) electrons. The van der Waals surface area contributed by atoms with Gasteiger partial charge in [-0.1, -0.05) is 12.1 Å². The minimum absolute atomic E-state index is 0.151. The molecule has 1 aliphatic rings. The molecule has 5 nitrogen and oxygen atoms in total. The van der Waals surface area contributed by atoms with Crippen molar-refractivity contribution in [2.75, 3.05) is 28.2 Å². The van der Waals surface area contributed by atoms with Crippen LogP contribution < -0.4 is 16.0 Å². The van der Waals surface area contributed by atoms with Crippen LogP contribution >= 0.6 is 11.8 Å². The topological polar surface area (TPSA) is 70.2 Å². The first-order valence-corrected chi connectivity index (χ1v) is 8.58. The average Bonchev–Trinajstić information content (AvgIpc) is 2.59. The summed E-state index contributed by atoms with van der Waals surface area (Å²) in [7, 11) is 0. The number of rotatable bonds is 4. The van der Waals surface area contributed by atoms with E-state index in [4.69, 9.17) is 0 Å². The third-order valence-corrected chi connectivity index (χ3v) is 4.60. The summed E-state index contributed by atoms with van der Waals surface area (Å²) in [5.41, 5.74) is 1.23. The number of halogens is 3. The summed E-state index contributed by atoms with van der Waals surface area (Å²) < 4.78 is 37.2. The van der Waals surface area contributed by atoms with Crippen LogP contribution in [0.15, 0.2) is 47.4 Å². The van der Waals surface area contributed by atoms with Crippen LogP contribution in [-0.2, 0) is 4.79 Å². The molecule has 26 heavy (non-hydrogen) atoms. The normalized spacial score (nSPS) is 13.6. The number of alkyl halides is 3. The van der Waals surface area contributed by atoms with E-state index in [9.17, 15) is 22.8 Å². The molecular formula is C17H14F3N3O2S. The fourth-order valence-corrected chi connectivity index (χ4v) is 3.15. The molecule has 0 saturated carbocycles. The van der Waals surface area contributed by atoms with Gasteiger partial charge in [-0.25, -0.2) is 0 Å². The predicted molar refractivity (Wildman–Crippen MR) is 94.7 cm³/mol. The first-order chi connectivity index (χ1) is 12.3. The Morgan fingerprint density at radius 1 is 1.15 bits per heavy atom. The van der Waals surface area contributed by atoms with Crippen LogP contribution in [0.5, 0.6) is 0 Å². The minimum atomic E-state index is -4.37. The molecule has 1 aliphatic heterocycles. The first kappa shape index (κ1) is 18.1. The van der Waals surface area contributed by atoms with Crippen molar-refractivity contribution in [3.05, 3.63) is 48.0 Å². The average molecular weight is 381 g/mol. The van der Waals surface area contributed by atoms with Crippen LogP contribution in [0, 0.1) is 0 Å². The van der Waals surface area contributed by atoms with Gasteiger partial charge in [-0.3, -0.25) is 9.59 Å². The zero-order chi connectivity index (χ0) is 18.7. The van der Waals surface area contributed by atoms with Crippen molar-refractivity contribution < 1.29 is 22.8 Å². The monoisotopic (exact) mass is 381 g/mol. The van der Waals surface area contributed by atoms with Crippen LogP contribution in [0.1, 0.15) is 10.4 Å². The summed E-state index contributed by atoms with van der Waals surface area (Å²) >= 11 is 1.37. The van der Waals surface area contributed by atoms with E-state index in [-0.39, 0.29) is 22.8 Å². The van der Waals surface area contributed by atoms with E-state index < -0.39 is 18.6 Å². The molecule has 9 heteroatoms. The van der Waals surface area contributed by atoms with E-state index in [0.29, 0.717) is 11.4 Å². The highest BCUT2D eigenvalue weighted by molar-refractivity contribution is 8.00. The van der Waals surface area contributed by atoms with Crippen molar-refractivity contribution in [3.8, 4) is 0 Å². The molecule has 2 aromatic rings. The number of hydrogen-bond donors (Lipinski definition) is 3. The third-order valence-electron chi connectivity index (χ3n) is 3.53. The van der Waals surface area contributed by atoms with Gasteiger partial charge >= 0.3 is 6.18 Å². The molecule has 1 heterocycles. The summed E-state index contributed by atoms with van der Waals surface area (Å²) in [6, 6.07) is 11.0. The zero-order valence-corrected chi connectivity index (χ0v) is 14.1. The van der Waals surface area contributed by atoms with Crippen LogP contribution in [0.2, 0.25) is 0 Å². The van der Waals surface area contributed by atoms with Gasteiger partial charge in [0.25, 0.3) is 5.91 Å². The number of thioether (sulfide) groups is 1. The van der Waals surface area contributed by atoms with Crippen molar-refractivity contribution in [1.82, 2.24) is 0 Å². The lowest BCUT2D eigenvalue weighted by atomic mass is 10.1. The maximum absolute atomic E-state index is 12.5. The van der Waals surface area contributed by atoms with E-state index in [1.54, 1.807) is 30.3 Å². The standard InChI is InChI=1S/C17H14F3N3O2S/c18-17(19,20)9-21-11-3-1-2-4-12(11)23-16(25)10-5-6-14-13(7-10)22-15(24)8-26-14/h1-7,21H,8-9H2,(H,22,24)(H,23,25). The Hall–Kier alpha value is -2.68. The molecular weight excluding hydrogens is 367 g/mol. The second-order valence-electron chi connectivity index (χ2n) is 5.52. The number of para-hydroxylation sites is 2. The number of carbonyl (C=O) groups is 2. The second kappa shape index (κ2) is 7.28. The number of amides is 2. The fourth-order valence-electron chi connectivity index (χ4n) is 2.36. The minimum Gasteiger partial charge on any atom is -0.375 e. The van der Waals surface area contributed by atoms with E-state index in [1.165, 1.54) is 23.9 Å². The summed E-state index contributed by atoms with van der Waals surface area (Å²) in [6.07, 6.45) is -4.37. The van der Waals surface area contributed by atoms with Gasteiger partial charge in [0.2, 0.25) is 5.91 Å². The molecule has 0 saturated heterocycles. The van der Waals surface area contributed by atoms with Gasteiger partial charge in [0.1, 0.15) is 6.54 Å². The van der Waals surface area contributed by atoms with Crippen LogP contribution in [0.25, 0.3) is 0 Å².